The van der Waals surface area contributed by atoms with Gasteiger partial charge in [0, 0.05) is 24.1 Å². The Morgan fingerprint density at radius 2 is 1.88 bits per heavy atom. The molecule has 0 atom stereocenters. The summed E-state index contributed by atoms with van der Waals surface area (Å²) in [4.78, 5) is 11.4. The number of para-hydroxylation sites is 1. The second-order valence-corrected chi connectivity index (χ2v) is 6.55. The summed E-state index contributed by atoms with van der Waals surface area (Å²) in [6, 6.07) is 16.9. The van der Waals surface area contributed by atoms with Crippen LogP contribution in [0.4, 0.5) is 23.1 Å². The lowest BCUT2D eigenvalue weighted by atomic mass is 10.0. The molecular weight excluding hydrogens is 308 g/mol. The smallest absolute Gasteiger partial charge is 0.229 e. The molecule has 4 rings (SSSR count). The van der Waals surface area contributed by atoms with Gasteiger partial charge < -0.3 is 10.2 Å². The second-order valence-electron chi connectivity index (χ2n) is 6.55. The van der Waals surface area contributed by atoms with Crippen LogP contribution in [0.1, 0.15) is 23.1 Å². The maximum absolute atomic E-state index is 4.75. The van der Waals surface area contributed by atoms with E-state index in [1.54, 1.807) is 0 Å². The van der Waals surface area contributed by atoms with Crippen molar-refractivity contribution >= 4 is 23.1 Å². The highest BCUT2D eigenvalue weighted by molar-refractivity contribution is 5.66. The highest BCUT2D eigenvalue weighted by Gasteiger charge is 2.19. The zero-order chi connectivity index (χ0) is 17.2. The molecule has 126 valence electrons. The number of hydrogen-bond donors (Lipinski definition) is 1. The Bertz CT molecular complexity index is 904. The molecule has 0 bridgehead atoms. The van der Waals surface area contributed by atoms with Crippen LogP contribution in [0, 0.1) is 13.8 Å². The summed E-state index contributed by atoms with van der Waals surface area (Å²) in [5.41, 5.74) is 6.19. The van der Waals surface area contributed by atoms with E-state index in [0.717, 1.165) is 30.9 Å². The van der Waals surface area contributed by atoms with Gasteiger partial charge in [-0.15, -0.1) is 0 Å². The van der Waals surface area contributed by atoms with Gasteiger partial charge in [-0.1, -0.05) is 24.3 Å². The third-order valence-corrected chi connectivity index (χ3v) is 4.79. The normalized spacial score (nSPS) is 13.4. The van der Waals surface area contributed by atoms with Crippen molar-refractivity contribution in [3.05, 3.63) is 71.4 Å². The Morgan fingerprint density at radius 1 is 1.00 bits per heavy atom. The number of aryl methyl sites for hydroxylation is 3. The van der Waals surface area contributed by atoms with E-state index < -0.39 is 0 Å². The minimum absolute atomic E-state index is 0.629. The lowest BCUT2D eigenvalue weighted by molar-refractivity contribution is 0.759. The maximum atomic E-state index is 4.75. The molecule has 1 aliphatic rings. The first-order valence-corrected chi connectivity index (χ1v) is 8.73. The van der Waals surface area contributed by atoms with Crippen LogP contribution in [0.15, 0.2) is 54.7 Å². The summed E-state index contributed by atoms with van der Waals surface area (Å²) < 4.78 is 0. The van der Waals surface area contributed by atoms with Crippen molar-refractivity contribution in [2.75, 3.05) is 16.8 Å². The van der Waals surface area contributed by atoms with Crippen molar-refractivity contribution in [1.29, 1.82) is 0 Å². The van der Waals surface area contributed by atoms with Gasteiger partial charge in [0.25, 0.3) is 0 Å². The van der Waals surface area contributed by atoms with Gasteiger partial charge in [0.1, 0.15) is 5.82 Å². The highest BCUT2D eigenvalue weighted by Crippen LogP contribution is 2.32. The van der Waals surface area contributed by atoms with Gasteiger partial charge in [-0.3, -0.25) is 0 Å². The predicted molar refractivity (Wildman–Crippen MR) is 103 cm³/mol. The summed E-state index contributed by atoms with van der Waals surface area (Å²) in [6.07, 6.45) is 4.09. The van der Waals surface area contributed by atoms with Crippen molar-refractivity contribution in [1.82, 2.24) is 9.97 Å². The third kappa shape index (κ3) is 3.20. The number of anilines is 4. The molecule has 0 saturated heterocycles. The zero-order valence-electron chi connectivity index (χ0n) is 14.7. The molecule has 2 heterocycles. The van der Waals surface area contributed by atoms with Crippen LogP contribution < -0.4 is 10.2 Å². The van der Waals surface area contributed by atoms with Gasteiger partial charge in [-0.25, -0.2) is 4.98 Å². The molecule has 2 aromatic carbocycles. The molecule has 0 unspecified atom stereocenters. The number of benzene rings is 2. The van der Waals surface area contributed by atoms with Crippen molar-refractivity contribution in [3.63, 3.8) is 0 Å². The fourth-order valence-corrected chi connectivity index (χ4v) is 3.28. The molecule has 0 spiro atoms. The van der Waals surface area contributed by atoms with Gasteiger partial charge in [-0.2, -0.15) is 4.98 Å². The predicted octanol–water partition coefficient (Wildman–Crippen LogP) is 4.92. The van der Waals surface area contributed by atoms with E-state index in [-0.39, 0.29) is 0 Å². The summed E-state index contributed by atoms with van der Waals surface area (Å²) >= 11 is 0. The quantitative estimate of drug-likeness (QED) is 0.740. The van der Waals surface area contributed by atoms with Crippen LogP contribution in [0.5, 0.6) is 0 Å². The van der Waals surface area contributed by atoms with E-state index in [1.165, 1.54) is 22.4 Å². The van der Waals surface area contributed by atoms with Gasteiger partial charge in [0.2, 0.25) is 5.95 Å². The molecule has 4 heteroatoms. The van der Waals surface area contributed by atoms with E-state index in [4.69, 9.17) is 4.98 Å². The van der Waals surface area contributed by atoms with E-state index >= 15 is 0 Å². The number of hydrogen-bond acceptors (Lipinski definition) is 4. The number of rotatable bonds is 3. The summed E-state index contributed by atoms with van der Waals surface area (Å²) in [5, 5.41) is 3.33. The molecule has 4 nitrogen and oxygen atoms in total. The number of aromatic nitrogens is 2. The summed E-state index contributed by atoms with van der Waals surface area (Å²) in [6.45, 7) is 5.21. The minimum atomic E-state index is 0.629. The zero-order valence-corrected chi connectivity index (χ0v) is 14.7. The summed E-state index contributed by atoms with van der Waals surface area (Å²) in [7, 11) is 0. The van der Waals surface area contributed by atoms with E-state index in [1.807, 2.05) is 12.3 Å². The van der Waals surface area contributed by atoms with E-state index in [2.05, 4.69) is 71.5 Å². The average Bonchev–Trinajstić information content (AvgIpc) is 2.64. The lowest BCUT2D eigenvalue weighted by Crippen LogP contribution is -2.25. The Labute approximate surface area is 148 Å². The van der Waals surface area contributed by atoms with Crippen molar-refractivity contribution in [3.8, 4) is 0 Å². The molecule has 1 N–H and O–H groups in total. The molecule has 1 aliphatic heterocycles. The van der Waals surface area contributed by atoms with Crippen LogP contribution in [-0.4, -0.2) is 16.5 Å². The van der Waals surface area contributed by atoms with E-state index in [9.17, 15) is 0 Å². The Balaban J connectivity index is 1.63. The highest BCUT2D eigenvalue weighted by atomic mass is 15.2. The molecule has 0 saturated carbocycles. The first-order chi connectivity index (χ1) is 12.2. The first kappa shape index (κ1) is 15.6. The van der Waals surface area contributed by atoms with Crippen LogP contribution in [0.3, 0.4) is 0 Å². The second kappa shape index (κ2) is 6.55. The fraction of sp³-hybridized carbons (Fsp3) is 0.238. The first-order valence-electron chi connectivity index (χ1n) is 8.73. The van der Waals surface area contributed by atoms with Crippen LogP contribution in [-0.2, 0) is 6.42 Å². The van der Waals surface area contributed by atoms with Gasteiger partial charge in [0.05, 0.1) is 0 Å². The molecule has 1 aromatic heterocycles. The standard InChI is InChI=1S/C21H22N4/c1-15-9-10-18(14-16(15)2)23-21-22-12-11-20(24-21)25-13-5-7-17-6-3-4-8-19(17)25/h3-4,6,8-12,14H,5,7,13H2,1-2H3,(H,22,23,24). The van der Waals surface area contributed by atoms with E-state index in [0.29, 0.717) is 5.95 Å². The van der Waals surface area contributed by atoms with Gasteiger partial charge >= 0.3 is 0 Å². The maximum Gasteiger partial charge on any atom is 0.229 e. The molecule has 0 radical (unpaired) electrons. The molecule has 0 amide bonds. The van der Waals surface area contributed by atoms with Gasteiger partial charge in [0.15, 0.2) is 0 Å². The van der Waals surface area contributed by atoms with Gasteiger partial charge in [-0.05, 0) is 67.6 Å². The number of nitrogens with zero attached hydrogens (tertiary/aromatic N) is 3. The summed E-state index contributed by atoms with van der Waals surface area (Å²) in [5.74, 6) is 1.57. The SMILES string of the molecule is Cc1ccc(Nc2nccc(N3CCCc4ccccc43)n2)cc1C. The average molecular weight is 330 g/mol. The Hall–Kier alpha value is -2.88. The van der Waals surface area contributed by atoms with Crippen LogP contribution >= 0.6 is 0 Å². The Morgan fingerprint density at radius 3 is 2.76 bits per heavy atom. The number of fused-ring (bicyclic) bond motifs is 1. The molecule has 0 aliphatic carbocycles. The van der Waals surface area contributed by atoms with Crippen molar-refractivity contribution < 1.29 is 0 Å². The monoisotopic (exact) mass is 330 g/mol. The number of nitrogens with one attached hydrogen (secondary N) is 1. The molecule has 25 heavy (non-hydrogen) atoms. The third-order valence-electron chi connectivity index (χ3n) is 4.79. The van der Waals surface area contributed by atoms with Crippen LogP contribution in [0.25, 0.3) is 0 Å². The topological polar surface area (TPSA) is 41.1 Å². The Kier molecular flexibility index (Phi) is 4.10. The molecular formula is C21H22N4. The van der Waals surface area contributed by atoms with Crippen molar-refractivity contribution in [2.45, 2.75) is 26.7 Å². The minimum Gasteiger partial charge on any atom is -0.326 e. The van der Waals surface area contributed by atoms with Crippen molar-refractivity contribution in [2.24, 2.45) is 0 Å². The largest absolute Gasteiger partial charge is 0.326 e. The van der Waals surface area contributed by atoms with Crippen LogP contribution in [0.2, 0.25) is 0 Å². The molecule has 0 fully saturated rings. The lowest BCUT2D eigenvalue weighted by Gasteiger charge is -2.30. The molecule has 3 aromatic rings. The fourth-order valence-electron chi connectivity index (χ4n) is 3.28.